The molecule has 0 saturated heterocycles. The van der Waals surface area contributed by atoms with Gasteiger partial charge in [0.2, 0.25) is 0 Å². The summed E-state index contributed by atoms with van der Waals surface area (Å²) in [7, 11) is -1.17. The molecule has 0 aromatic carbocycles. The van der Waals surface area contributed by atoms with Crippen LogP contribution in [0.25, 0.3) is 0 Å². The normalized spacial score (nSPS) is 24.4. The van der Waals surface area contributed by atoms with Gasteiger partial charge in [-0.3, -0.25) is 4.18 Å². The van der Waals surface area contributed by atoms with E-state index >= 15 is 0 Å². The predicted molar refractivity (Wildman–Crippen MR) is 85.9 cm³/mol. The Hall–Kier alpha value is 0.890. The summed E-state index contributed by atoms with van der Waals surface area (Å²) in [6, 6.07) is 0. The summed E-state index contributed by atoms with van der Waals surface area (Å²) in [5.41, 5.74) is -6.82. The Morgan fingerprint density at radius 3 is 2.00 bits per heavy atom. The molecule has 0 aliphatic rings. The number of hydrogen-bond acceptors (Lipinski definition) is 5. The van der Waals surface area contributed by atoms with Gasteiger partial charge >= 0.3 is 10.3 Å². The fourth-order valence-electron chi connectivity index (χ4n) is 1.26. The van der Waals surface area contributed by atoms with Crippen LogP contribution in [0, 0.1) is 0 Å². The van der Waals surface area contributed by atoms with E-state index in [9.17, 15) is 26.0 Å². The van der Waals surface area contributed by atoms with Crippen LogP contribution in [0.3, 0.4) is 0 Å². The van der Waals surface area contributed by atoms with E-state index in [1.54, 1.807) is 0 Å². The number of nitrogens with one attached hydrogen (secondary N) is 1. The van der Waals surface area contributed by atoms with Gasteiger partial charge in [0.05, 0.1) is 13.2 Å². The lowest BCUT2D eigenvalue weighted by Crippen LogP contribution is -2.67. The fourth-order valence-corrected chi connectivity index (χ4v) is 2.55. The molecule has 0 aliphatic heterocycles. The number of thiol groups is 1. The Labute approximate surface area is 132 Å². The molecule has 0 heterocycles. The summed E-state index contributed by atoms with van der Waals surface area (Å²) in [4.78, 5) is 0. The van der Waals surface area contributed by atoms with Crippen LogP contribution in [0.5, 0.6) is 0 Å². The Bertz CT molecular complexity index is 479. The van der Waals surface area contributed by atoms with Gasteiger partial charge in [0.15, 0.2) is 32.1 Å². The lowest BCUT2D eigenvalue weighted by atomic mass is 9.64. The van der Waals surface area contributed by atoms with E-state index in [0.717, 1.165) is 9.24 Å². The molecule has 124 valence electrons. The lowest BCUT2D eigenvalue weighted by molar-refractivity contribution is -0.0755. The maximum Gasteiger partial charge on any atom is 0.345 e. The summed E-state index contributed by atoms with van der Waals surface area (Å²) in [6.45, 7) is -2.90. The molecule has 2 N–H and O–H groups in total. The topological polar surface area (TPSA) is 75.6 Å². The van der Waals surface area contributed by atoms with Crippen molar-refractivity contribution in [1.82, 2.24) is 4.13 Å². The molecular weight excluding hydrogens is 374 g/mol. The first kappa shape index (κ1) is 21.9. The number of aliphatic hydroxyl groups is 1. The van der Waals surface area contributed by atoms with Gasteiger partial charge in [0.25, 0.3) is 0 Å². The summed E-state index contributed by atoms with van der Waals surface area (Å²) >= 11 is 3.17. The zero-order valence-electron chi connectivity index (χ0n) is 11.1. The number of alkyl halides is 4. The second-order valence-electron chi connectivity index (χ2n) is 4.74. The second kappa shape index (κ2) is 6.79. The zero-order chi connectivity index (χ0) is 17.3. The highest BCUT2D eigenvalue weighted by Crippen LogP contribution is 2.52. The van der Waals surface area contributed by atoms with Crippen molar-refractivity contribution in [3.63, 3.8) is 0 Å². The number of rotatable bonds is 8. The van der Waals surface area contributed by atoms with E-state index < -0.39 is 45.5 Å². The molecule has 15 heteroatoms. The van der Waals surface area contributed by atoms with E-state index in [1.165, 1.54) is 13.4 Å². The maximum atomic E-state index is 14.5. The average Bonchev–Trinajstić information content (AvgIpc) is 2.36. The van der Waals surface area contributed by atoms with Gasteiger partial charge in [0.1, 0.15) is 5.57 Å². The van der Waals surface area contributed by atoms with Crippen molar-refractivity contribution in [3.05, 3.63) is 0 Å². The molecule has 0 saturated carbocycles. The summed E-state index contributed by atoms with van der Waals surface area (Å²) in [6.07, 6.45) is 0. The van der Waals surface area contributed by atoms with Crippen molar-refractivity contribution < 1.29 is 35.3 Å². The minimum atomic E-state index is -4.47. The highest BCUT2D eigenvalue weighted by Gasteiger charge is 2.66. The molecule has 0 aromatic rings. The SMILES string of the molecule is BC(F)(COS(=O)(=O)NS)C(F)(P)C(B)(F)C(F)(P)CO. The third kappa shape index (κ3) is 4.46. The van der Waals surface area contributed by atoms with Crippen molar-refractivity contribution in [3.8, 4) is 0 Å². The Morgan fingerprint density at radius 1 is 1.24 bits per heavy atom. The second-order valence-corrected chi connectivity index (χ2v) is 8.33. The molecular formula is C6H15B2F4NO4P2S2. The first-order chi connectivity index (χ1) is 9.08. The van der Waals surface area contributed by atoms with Gasteiger partial charge in [-0.05, 0) is 0 Å². The van der Waals surface area contributed by atoms with Gasteiger partial charge in [0, 0.05) is 0 Å². The van der Waals surface area contributed by atoms with E-state index in [0.29, 0.717) is 15.7 Å². The molecule has 5 nitrogen and oxygen atoms in total. The molecule has 0 aliphatic carbocycles. The largest absolute Gasteiger partial charge is 0.393 e. The van der Waals surface area contributed by atoms with Gasteiger partial charge < -0.3 is 5.11 Å². The van der Waals surface area contributed by atoms with Gasteiger partial charge in [-0.2, -0.15) is 8.42 Å². The Balaban J connectivity index is 5.47. The van der Waals surface area contributed by atoms with Crippen molar-refractivity contribution in [2.75, 3.05) is 13.2 Å². The van der Waals surface area contributed by atoms with E-state index in [-0.39, 0.29) is 0 Å². The molecule has 0 radical (unpaired) electrons. The summed E-state index contributed by atoms with van der Waals surface area (Å²) < 4.78 is 84.6. The fraction of sp³-hybridized carbons (Fsp3) is 1.00. The Kier molecular flexibility index (Phi) is 7.08. The van der Waals surface area contributed by atoms with Gasteiger partial charge in [-0.15, -0.1) is 4.13 Å². The smallest absolute Gasteiger partial charge is 0.345 e. The van der Waals surface area contributed by atoms with Crippen molar-refractivity contribution in [1.29, 1.82) is 0 Å². The molecule has 0 spiro atoms. The molecule has 0 fully saturated rings. The first-order valence-electron chi connectivity index (χ1n) is 5.32. The number of aliphatic hydroxyl groups excluding tert-OH is 1. The monoisotopic (exact) mass is 389 g/mol. The quantitative estimate of drug-likeness (QED) is 0.202. The van der Waals surface area contributed by atoms with Crippen LogP contribution in [0.2, 0.25) is 0 Å². The third-order valence-electron chi connectivity index (χ3n) is 3.05. The molecule has 21 heavy (non-hydrogen) atoms. The van der Waals surface area contributed by atoms with Crippen molar-refractivity contribution in [2.24, 2.45) is 0 Å². The van der Waals surface area contributed by atoms with Crippen LogP contribution >= 0.6 is 31.3 Å². The number of halogens is 4. The van der Waals surface area contributed by atoms with Gasteiger partial charge in [-0.1, -0.05) is 31.3 Å². The lowest BCUT2D eigenvalue weighted by Gasteiger charge is -2.47. The molecule has 6 atom stereocenters. The molecule has 0 aromatic heterocycles. The van der Waals surface area contributed by atoms with Crippen LogP contribution in [0.4, 0.5) is 17.6 Å². The first-order valence-corrected chi connectivity index (χ1v) is 8.33. The highest BCUT2D eigenvalue weighted by atomic mass is 32.3. The molecule has 0 amide bonds. The van der Waals surface area contributed by atoms with Crippen LogP contribution in [0.1, 0.15) is 0 Å². The van der Waals surface area contributed by atoms with Crippen LogP contribution in [-0.4, -0.2) is 64.4 Å². The Morgan fingerprint density at radius 2 is 1.67 bits per heavy atom. The van der Waals surface area contributed by atoms with Crippen molar-refractivity contribution >= 4 is 57.3 Å². The van der Waals surface area contributed by atoms with Gasteiger partial charge in [-0.25, -0.2) is 17.6 Å². The van der Waals surface area contributed by atoms with E-state index in [2.05, 4.69) is 17.0 Å². The zero-order valence-corrected chi connectivity index (χ0v) is 15.1. The minimum Gasteiger partial charge on any atom is -0.393 e. The average molecular weight is 389 g/mol. The van der Waals surface area contributed by atoms with E-state index in [4.69, 9.17) is 5.11 Å². The standard InChI is InChI=1S/C6H15B2F4NO4P2S2/c7-3(9,2-17-21(15,16)13-20)6(12,19)5(8,11)4(10,18)1-14/h13-14,20H,1-2,7-8,18-19H2. The maximum absolute atomic E-state index is 14.5. The molecule has 6 unspecified atom stereocenters. The number of hydrogen-bond donors (Lipinski definition) is 3. The molecule has 0 bridgehead atoms. The van der Waals surface area contributed by atoms with Crippen LogP contribution < -0.4 is 4.13 Å². The van der Waals surface area contributed by atoms with Crippen LogP contribution in [0.15, 0.2) is 0 Å². The predicted octanol–water partition coefficient (Wildman–Crippen LogP) is -1.65. The highest BCUT2D eigenvalue weighted by molar-refractivity contribution is 7.97. The van der Waals surface area contributed by atoms with Crippen LogP contribution in [-0.2, 0) is 14.5 Å². The summed E-state index contributed by atoms with van der Waals surface area (Å²) in [5, 5.41) is 1.94. The summed E-state index contributed by atoms with van der Waals surface area (Å²) in [5.74, 6) is 0. The van der Waals surface area contributed by atoms with Crippen molar-refractivity contribution in [2.45, 2.75) is 22.0 Å². The third-order valence-corrected chi connectivity index (χ3v) is 6.24. The molecule has 0 rings (SSSR count). The van der Waals surface area contributed by atoms with E-state index in [1.807, 2.05) is 0 Å². The minimum absolute atomic E-state index is 0.395.